The second-order valence-corrected chi connectivity index (χ2v) is 5.53. The molecule has 0 spiro atoms. The Hall–Kier alpha value is -1.77. The van der Waals surface area contributed by atoms with E-state index >= 15 is 0 Å². The van der Waals surface area contributed by atoms with Crippen molar-refractivity contribution in [3.8, 4) is 11.1 Å². The fourth-order valence-electron chi connectivity index (χ4n) is 2.36. The van der Waals surface area contributed by atoms with E-state index < -0.39 is 0 Å². The number of aromatic nitrogens is 1. The van der Waals surface area contributed by atoms with Crippen molar-refractivity contribution >= 4 is 35.0 Å². The van der Waals surface area contributed by atoms with Gasteiger partial charge in [0.1, 0.15) is 0 Å². The van der Waals surface area contributed by atoms with Crippen LogP contribution in [0.5, 0.6) is 0 Å². The fourth-order valence-corrected chi connectivity index (χ4v) is 2.87. The first-order chi connectivity index (χ1) is 9.60. The van der Waals surface area contributed by atoms with Gasteiger partial charge in [0.15, 0.2) is 6.29 Å². The molecule has 0 saturated carbocycles. The van der Waals surface area contributed by atoms with E-state index in [2.05, 4.69) is 0 Å². The quantitative estimate of drug-likeness (QED) is 0.608. The predicted octanol–water partition coefficient (Wildman–Crippen LogP) is 5.03. The van der Waals surface area contributed by atoms with Gasteiger partial charge in [-0.15, -0.1) is 0 Å². The fraction of sp³-hybridized carbons (Fsp3) is 0.0625. The highest BCUT2D eigenvalue weighted by molar-refractivity contribution is 6.36. The van der Waals surface area contributed by atoms with Gasteiger partial charge in [0, 0.05) is 32.9 Å². The minimum atomic E-state index is 0.535. The molecule has 3 aromatic rings. The highest BCUT2D eigenvalue weighted by atomic mass is 35.5. The SMILES string of the molecule is Cc1ccn2c(C=O)c(-c3ccc(Cl)cc3Cl)cc2c1. The third kappa shape index (κ3) is 2.11. The number of rotatable bonds is 2. The van der Waals surface area contributed by atoms with E-state index in [1.54, 1.807) is 12.1 Å². The lowest BCUT2D eigenvalue weighted by molar-refractivity contribution is 0.111. The maximum atomic E-state index is 11.4. The van der Waals surface area contributed by atoms with E-state index in [4.69, 9.17) is 23.2 Å². The molecule has 0 bridgehead atoms. The van der Waals surface area contributed by atoms with Crippen molar-refractivity contribution in [2.24, 2.45) is 0 Å². The minimum Gasteiger partial charge on any atom is -0.314 e. The Morgan fingerprint density at radius 2 is 1.85 bits per heavy atom. The number of hydrogen-bond donors (Lipinski definition) is 0. The number of carbonyl (C=O) groups is 1. The summed E-state index contributed by atoms with van der Waals surface area (Å²) in [5, 5.41) is 1.11. The summed E-state index contributed by atoms with van der Waals surface area (Å²) in [5.41, 5.74) is 4.31. The van der Waals surface area contributed by atoms with E-state index in [0.717, 1.165) is 28.5 Å². The van der Waals surface area contributed by atoms with Crippen molar-refractivity contribution in [2.45, 2.75) is 6.92 Å². The summed E-state index contributed by atoms with van der Waals surface area (Å²) < 4.78 is 1.86. The van der Waals surface area contributed by atoms with Crippen LogP contribution >= 0.6 is 23.2 Å². The number of hydrogen-bond acceptors (Lipinski definition) is 1. The summed E-state index contributed by atoms with van der Waals surface area (Å²) in [5.74, 6) is 0. The Bertz CT molecular complexity index is 821. The van der Waals surface area contributed by atoms with E-state index in [9.17, 15) is 4.79 Å². The molecule has 0 aliphatic carbocycles. The van der Waals surface area contributed by atoms with Crippen LogP contribution in [0.2, 0.25) is 10.0 Å². The van der Waals surface area contributed by atoms with Gasteiger partial charge in [-0.3, -0.25) is 4.79 Å². The lowest BCUT2D eigenvalue weighted by atomic mass is 10.1. The maximum absolute atomic E-state index is 11.4. The number of benzene rings is 1. The van der Waals surface area contributed by atoms with Crippen LogP contribution in [-0.2, 0) is 0 Å². The molecule has 0 fully saturated rings. The Labute approximate surface area is 126 Å². The molecule has 2 nitrogen and oxygen atoms in total. The first kappa shape index (κ1) is 13.2. The number of carbonyl (C=O) groups excluding carboxylic acids is 1. The third-order valence-corrected chi connectivity index (χ3v) is 3.85. The van der Waals surface area contributed by atoms with Gasteiger partial charge in [-0.05, 0) is 42.8 Å². The van der Waals surface area contributed by atoms with E-state index in [1.807, 2.05) is 41.8 Å². The van der Waals surface area contributed by atoms with Gasteiger partial charge in [0.2, 0.25) is 0 Å². The van der Waals surface area contributed by atoms with Gasteiger partial charge in [0.25, 0.3) is 0 Å². The summed E-state index contributed by atoms with van der Waals surface area (Å²) in [4.78, 5) is 11.4. The molecular formula is C16H11Cl2NO. The van der Waals surface area contributed by atoms with Crippen molar-refractivity contribution < 1.29 is 4.79 Å². The molecule has 0 amide bonds. The van der Waals surface area contributed by atoms with Crippen LogP contribution in [0.1, 0.15) is 16.1 Å². The van der Waals surface area contributed by atoms with Gasteiger partial charge >= 0.3 is 0 Å². The first-order valence-corrected chi connectivity index (χ1v) is 6.88. The van der Waals surface area contributed by atoms with E-state index in [1.165, 1.54) is 0 Å². The van der Waals surface area contributed by atoms with Crippen LogP contribution < -0.4 is 0 Å². The second-order valence-electron chi connectivity index (χ2n) is 4.68. The molecule has 4 heteroatoms. The summed E-state index contributed by atoms with van der Waals surface area (Å²) in [7, 11) is 0. The maximum Gasteiger partial charge on any atom is 0.167 e. The molecule has 0 N–H and O–H groups in total. The lowest BCUT2D eigenvalue weighted by Gasteiger charge is -2.04. The highest BCUT2D eigenvalue weighted by Crippen LogP contribution is 2.34. The molecule has 2 aromatic heterocycles. The zero-order chi connectivity index (χ0) is 14.3. The molecule has 0 aliphatic rings. The second kappa shape index (κ2) is 4.97. The van der Waals surface area contributed by atoms with Crippen molar-refractivity contribution in [3.63, 3.8) is 0 Å². The molecule has 0 radical (unpaired) electrons. The van der Waals surface area contributed by atoms with Crippen molar-refractivity contribution in [1.29, 1.82) is 0 Å². The van der Waals surface area contributed by atoms with E-state index in [-0.39, 0.29) is 0 Å². The Morgan fingerprint density at radius 1 is 1.05 bits per heavy atom. The van der Waals surface area contributed by atoms with Crippen LogP contribution in [0.15, 0.2) is 42.6 Å². The Balaban J connectivity index is 2.32. The molecule has 3 rings (SSSR count). The largest absolute Gasteiger partial charge is 0.314 e. The van der Waals surface area contributed by atoms with Crippen LogP contribution in [0, 0.1) is 6.92 Å². The number of aldehydes is 1. The summed E-state index contributed by atoms with van der Waals surface area (Å²) in [6.45, 7) is 2.02. The third-order valence-electron chi connectivity index (χ3n) is 3.30. The average molecular weight is 304 g/mol. The zero-order valence-corrected chi connectivity index (χ0v) is 12.2. The normalized spacial score (nSPS) is 10.9. The van der Waals surface area contributed by atoms with Crippen LogP contribution in [0.3, 0.4) is 0 Å². The van der Waals surface area contributed by atoms with Crippen molar-refractivity contribution in [3.05, 3.63) is 63.9 Å². The zero-order valence-electron chi connectivity index (χ0n) is 10.7. The van der Waals surface area contributed by atoms with Gasteiger partial charge in [-0.25, -0.2) is 0 Å². The summed E-state index contributed by atoms with van der Waals surface area (Å²) in [6.07, 6.45) is 2.74. The Kier molecular flexibility index (Phi) is 3.28. The van der Waals surface area contributed by atoms with Gasteiger partial charge in [0.05, 0.1) is 5.69 Å². The number of aryl methyl sites for hydroxylation is 1. The lowest BCUT2D eigenvalue weighted by Crippen LogP contribution is -1.92. The van der Waals surface area contributed by atoms with E-state index in [0.29, 0.717) is 15.7 Å². The standard InChI is InChI=1S/C16H11Cl2NO/c1-10-4-5-19-12(6-10)8-14(16(19)9-20)13-3-2-11(17)7-15(13)18/h2-9H,1H3. The molecule has 0 unspecified atom stereocenters. The smallest absolute Gasteiger partial charge is 0.167 e. The van der Waals surface area contributed by atoms with Gasteiger partial charge in [-0.2, -0.15) is 0 Å². The molecule has 100 valence electrons. The highest BCUT2D eigenvalue weighted by Gasteiger charge is 2.14. The van der Waals surface area contributed by atoms with Crippen LogP contribution in [0.25, 0.3) is 16.6 Å². The van der Waals surface area contributed by atoms with Crippen molar-refractivity contribution in [1.82, 2.24) is 4.40 Å². The minimum absolute atomic E-state index is 0.535. The Morgan fingerprint density at radius 3 is 2.55 bits per heavy atom. The molecule has 0 atom stereocenters. The summed E-state index contributed by atoms with van der Waals surface area (Å²) >= 11 is 12.2. The van der Waals surface area contributed by atoms with Gasteiger partial charge < -0.3 is 4.40 Å². The first-order valence-electron chi connectivity index (χ1n) is 6.12. The van der Waals surface area contributed by atoms with Crippen molar-refractivity contribution in [2.75, 3.05) is 0 Å². The molecule has 0 aliphatic heterocycles. The molecule has 20 heavy (non-hydrogen) atoms. The number of halogens is 2. The predicted molar refractivity (Wildman–Crippen MR) is 83.0 cm³/mol. The number of fused-ring (bicyclic) bond motifs is 1. The molecular weight excluding hydrogens is 293 g/mol. The van der Waals surface area contributed by atoms with Crippen LogP contribution in [0.4, 0.5) is 0 Å². The molecule has 1 aromatic carbocycles. The van der Waals surface area contributed by atoms with Gasteiger partial charge in [-0.1, -0.05) is 29.3 Å². The molecule has 2 heterocycles. The molecule has 0 saturated heterocycles. The number of pyridine rings is 1. The topological polar surface area (TPSA) is 21.5 Å². The monoisotopic (exact) mass is 303 g/mol. The number of nitrogens with zero attached hydrogens (tertiary/aromatic N) is 1. The van der Waals surface area contributed by atoms with Crippen LogP contribution in [-0.4, -0.2) is 10.7 Å². The average Bonchev–Trinajstić information content (AvgIpc) is 2.75. The summed E-state index contributed by atoms with van der Waals surface area (Å²) in [6, 6.07) is 11.2.